The smallest absolute Gasteiger partial charge is 0.307 e. The molecule has 92 valence electrons. The normalized spacial score (nSPS) is 20.4. The summed E-state index contributed by atoms with van der Waals surface area (Å²) in [6.45, 7) is 2.90. The zero-order valence-electron chi connectivity index (χ0n) is 9.71. The molecular weight excluding hydrogens is 218 g/mol. The highest BCUT2D eigenvalue weighted by atomic mass is 16.5. The first-order valence-electron chi connectivity index (χ1n) is 5.89. The van der Waals surface area contributed by atoms with Crippen LogP contribution in [0.4, 0.5) is 0 Å². The lowest BCUT2D eigenvalue weighted by molar-refractivity contribution is -0.141. The average molecular weight is 235 g/mol. The number of ether oxygens (including phenoxy) is 1. The summed E-state index contributed by atoms with van der Waals surface area (Å²) < 4.78 is 5.57. The Hall–Kier alpha value is -1.55. The van der Waals surface area contributed by atoms with Crippen molar-refractivity contribution in [3.8, 4) is 5.75 Å². The van der Waals surface area contributed by atoms with Gasteiger partial charge in [0.05, 0.1) is 5.92 Å². The van der Waals surface area contributed by atoms with Crippen molar-refractivity contribution in [1.29, 1.82) is 0 Å². The van der Waals surface area contributed by atoms with E-state index < -0.39 is 5.97 Å². The zero-order chi connectivity index (χ0) is 12.1. The molecule has 4 nitrogen and oxygen atoms in total. The number of carboxylic acids is 1. The van der Waals surface area contributed by atoms with Gasteiger partial charge in [0.2, 0.25) is 0 Å². The SMILES string of the molecule is O=C(O)[C@H]1CCN(CCOc2ccccc2)C1. The molecule has 1 atom stereocenters. The highest BCUT2D eigenvalue weighted by Crippen LogP contribution is 2.16. The van der Waals surface area contributed by atoms with E-state index in [1.807, 2.05) is 30.3 Å². The number of likely N-dealkylation sites (tertiary alicyclic amines) is 1. The Morgan fingerprint density at radius 3 is 2.82 bits per heavy atom. The molecule has 1 aliphatic heterocycles. The lowest BCUT2D eigenvalue weighted by Gasteiger charge is -2.15. The number of hydrogen-bond acceptors (Lipinski definition) is 3. The van der Waals surface area contributed by atoms with Crippen molar-refractivity contribution in [2.45, 2.75) is 6.42 Å². The van der Waals surface area contributed by atoms with E-state index in [9.17, 15) is 4.79 Å². The van der Waals surface area contributed by atoms with Crippen molar-refractivity contribution in [2.75, 3.05) is 26.2 Å². The first-order chi connectivity index (χ1) is 8.25. The van der Waals surface area contributed by atoms with Crippen LogP contribution in [0.25, 0.3) is 0 Å². The van der Waals surface area contributed by atoms with Crippen molar-refractivity contribution in [1.82, 2.24) is 4.90 Å². The third kappa shape index (κ3) is 3.46. The molecule has 1 saturated heterocycles. The Balaban J connectivity index is 1.68. The van der Waals surface area contributed by atoms with Crippen molar-refractivity contribution < 1.29 is 14.6 Å². The van der Waals surface area contributed by atoms with Gasteiger partial charge >= 0.3 is 5.97 Å². The Kier molecular flexibility index (Phi) is 3.98. The van der Waals surface area contributed by atoms with Crippen molar-refractivity contribution in [2.24, 2.45) is 5.92 Å². The molecule has 17 heavy (non-hydrogen) atoms. The van der Waals surface area contributed by atoms with Crippen LogP contribution in [0.15, 0.2) is 30.3 Å². The first-order valence-corrected chi connectivity index (χ1v) is 5.89. The topological polar surface area (TPSA) is 49.8 Å². The standard InChI is InChI=1S/C13H17NO3/c15-13(16)11-6-7-14(10-11)8-9-17-12-4-2-1-3-5-12/h1-5,11H,6-10H2,(H,15,16)/t11-/m0/s1. The van der Waals surface area contributed by atoms with Crippen LogP contribution in [0.1, 0.15) is 6.42 Å². The van der Waals surface area contributed by atoms with E-state index in [0.717, 1.165) is 25.3 Å². The van der Waals surface area contributed by atoms with Crippen LogP contribution in [0, 0.1) is 5.92 Å². The monoisotopic (exact) mass is 235 g/mol. The second-order valence-electron chi connectivity index (χ2n) is 4.29. The minimum absolute atomic E-state index is 0.202. The van der Waals surface area contributed by atoms with Gasteiger partial charge in [-0.25, -0.2) is 0 Å². The summed E-state index contributed by atoms with van der Waals surface area (Å²) >= 11 is 0. The fourth-order valence-electron chi connectivity index (χ4n) is 2.05. The Bertz CT molecular complexity index is 366. The number of hydrogen-bond donors (Lipinski definition) is 1. The maximum atomic E-state index is 10.8. The van der Waals surface area contributed by atoms with Gasteiger partial charge in [-0.1, -0.05) is 18.2 Å². The highest BCUT2D eigenvalue weighted by molar-refractivity contribution is 5.70. The molecule has 0 spiro atoms. The number of para-hydroxylation sites is 1. The van der Waals surface area contributed by atoms with Crippen molar-refractivity contribution in [3.63, 3.8) is 0 Å². The van der Waals surface area contributed by atoms with Crippen LogP contribution in [-0.2, 0) is 4.79 Å². The maximum Gasteiger partial charge on any atom is 0.307 e. The van der Waals surface area contributed by atoms with Gasteiger partial charge in [-0.05, 0) is 25.1 Å². The second-order valence-corrected chi connectivity index (χ2v) is 4.29. The predicted molar refractivity (Wildman–Crippen MR) is 64.1 cm³/mol. The lowest BCUT2D eigenvalue weighted by atomic mass is 10.1. The summed E-state index contributed by atoms with van der Waals surface area (Å²) in [7, 11) is 0. The third-order valence-electron chi connectivity index (χ3n) is 3.04. The lowest BCUT2D eigenvalue weighted by Crippen LogP contribution is -2.27. The van der Waals surface area contributed by atoms with Crippen molar-refractivity contribution >= 4 is 5.97 Å². The van der Waals surface area contributed by atoms with Crippen LogP contribution in [-0.4, -0.2) is 42.2 Å². The molecule has 0 bridgehead atoms. The van der Waals surface area contributed by atoms with E-state index in [1.54, 1.807) is 0 Å². The molecule has 1 aliphatic rings. The molecule has 0 aromatic heterocycles. The molecule has 0 saturated carbocycles. The fourth-order valence-corrected chi connectivity index (χ4v) is 2.05. The quantitative estimate of drug-likeness (QED) is 0.839. The Morgan fingerprint density at radius 1 is 1.41 bits per heavy atom. The Morgan fingerprint density at radius 2 is 2.18 bits per heavy atom. The van der Waals surface area contributed by atoms with Gasteiger partial charge in [-0.15, -0.1) is 0 Å². The molecule has 1 fully saturated rings. The maximum absolute atomic E-state index is 10.8. The van der Waals surface area contributed by atoms with Gasteiger partial charge in [0.15, 0.2) is 0 Å². The fraction of sp³-hybridized carbons (Fsp3) is 0.462. The molecule has 1 aromatic rings. The molecule has 1 aromatic carbocycles. The number of benzene rings is 1. The first kappa shape index (κ1) is 11.9. The molecule has 1 heterocycles. The van der Waals surface area contributed by atoms with Crippen LogP contribution in [0.3, 0.4) is 0 Å². The van der Waals surface area contributed by atoms with Gasteiger partial charge in [0.25, 0.3) is 0 Å². The van der Waals surface area contributed by atoms with Gasteiger partial charge in [0, 0.05) is 13.1 Å². The van der Waals surface area contributed by atoms with Gasteiger partial charge < -0.3 is 9.84 Å². The summed E-state index contributed by atoms with van der Waals surface area (Å²) in [5.74, 6) is -0.0234. The number of carboxylic acid groups (broad SMARTS) is 1. The van der Waals surface area contributed by atoms with E-state index in [1.165, 1.54) is 0 Å². The minimum Gasteiger partial charge on any atom is -0.492 e. The van der Waals surface area contributed by atoms with E-state index in [4.69, 9.17) is 9.84 Å². The number of carbonyl (C=O) groups is 1. The van der Waals surface area contributed by atoms with Gasteiger partial charge in [0.1, 0.15) is 12.4 Å². The predicted octanol–water partition coefficient (Wildman–Crippen LogP) is 1.47. The average Bonchev–Trinajstić information content (AvgIpc) is 2.79. The largest absolute Gasteiger partial charge is 0.492 e. The second kappa shape index (κ2) is 5.68. The third-order valence-corrected chi connectivity index (χ3v) is 3.04. The summed E-state index contributed by atoms with van der Waals surface area (Å²) in [6.07, 6.45) is 0.751. The number of rotatable bonds is 5. The summed E-state index contributed by atoms with van der Waals surface area (Å²) in [6, 6.07) is 9.66. The van der Waals surface area contributed by atoms with Crippen LogP contribution in [0.5, 0.6) is 5.75 Å². The highest BCUT2D eigenvalue weighted by Gasteiger charge is 2.27. The van der Waals surface area contributed by atoms with Crippen LogP contribution >= 0.6 is 0 Å². The van der Waals surface area contributed by atoms with E-state index in [-0.39, 0.29) is 5.92 Å². The summed E-state index contributed by atoms with van der Waals surface area (Å²) in [4.78, 5) is 12.9. The van der Waals surface area contributed by atoms with Crippen molar-refractivity contribution in [3.05, 3.63) is 30.3 Å². The molecular formula is C13H17NO3. The van der Waals surface area contributed by atoms with Crippen LogP contribution in [0.2, 0.25) is 0 Å². The molecule has 2 rings (SSSR count). The van der Waals surface area contributed by atoms with E-state index in [2.05, 4.69) is 4.90 Å². The van der Waals surface area contributed by atoms with Gasteiger partial charge in [-0.3, -0.25) is 9.69 Å². The number of aliphatic carboxylic acids is 1. The van der Waals surface area contributed by atoms with E-state index in [0.29, 0.717) is 13.2 Å². The van der Waals surface area contributed by atoms with E-state index >= 15 is 0 Å². The summed E-state index contributed by atoms with van der Waals surface area (Å²) in [5.41, 5.74) is 0. The molecule has 1 N–H and O–H groups in total. The number of nitrogens with zero attached hydrogens (tertiary/aromatic N) is 1. The molecule has 4 heteroatoms. The molecule has 0 radical (unpaired) electrons. The molecule has 0 aliphatic carbocycles. The summed E-state index contributed by atoms with van der Waals surface area (Å²) in [5, 5.41) is 8.88. The van der Waals surface area contributed by atoms with Gasteiger partial charge in [-0.2, -0.15) is 0 Å². The van der Waals surface area contributed by atoms with Crippen LogP contribution < -0.4 is 4.74 Å². The molecule has 0 unspecified atom stereocenters. The Labute approximate surface area is 101 Å². The zero-order valence-corrected chi connectivity index (χ0v) is 9.71. The minimum atomic E-state index is -0.684. The molecule has 0 amide bonds.